The maximum atomic E-state index is 12.8. The molecule has 0 aliphatic heterocycles. The summed E-state index contributed by atoms with van der Waals surface area (Å²) in [6, 6.07) is 0.512. The van der Waals surface area contributed by atoms with Gasteiger partial charge in [0.15, 0.2) is 11.4 Å². The minimum Gasteiger partial charge on any atom is -0.493 e. The van der Waals surface area contributed by atoms with Crippen molar-refractivity contribution in [2.75, 3.05) is 13.7 Å². The molecule has 1 heterocycles. The molecule has 1 aromatic rings. The first-order chi connectivity index (χ1) is 15.7. The van der Waals surface area contributed by atoms with Crippen LogP contribution >= 0.6 is 0 Å². The Morgan fingerprint density at radius 2 is 1.85 bits per heavy atom. The maximum Gasteiger partial charge on any atom is 0.328 e. The third kappa shape index (κ3) is 7.70. The van der Waals surface area contributed by atoms with Crippen LogP contribution in [0.2, 0.25) is 0 Å². The molecule has 0 radical (unpaired) electrons. The van der Waals surface area contributed by atoms with Crippen LogP contribution in [0.3, 0.4) is 0 Å². The quantitative estimate of drug-likeness (QED) is 0.443. The fraction of sp³-hybridized carbons (Fsp3) is 0.667. The minimum atomic E-state index is -0.955. The van der Waals surface area contributed by atoms with E-state index in [0.29, 0.717) is 12.5 Å². The molecule has 33 heavy (non-hydrogen) atoms. The zero-order valence-electron chi connectivity index (χ0n) is 20.4. The summed E-state index contributed by atoms with van der Waals surface area (Å²) in [7, 11) is 1.38. The van der Waals surface area contributed by atoms with Crippen LogP contribution in [-0.2, 0) is 19.1 Å². The second-order valence-electron chi connectivity index (χ2n) is 8.44. The first kappa shape index (κ1) is 26.6. The summed E-state index contributed by atoms with van der Waals surface area (Å²) < 4.78 is 22.1. The molecular formula is C24H36N2O7. The van der Waals surface area contributed by atoms with E-state index in [2.05, 4.69) is 24.1 Å². The van der Waals surface area contributed by atoms with E-state index in [1.807, 2.05) is 6.92 Å². The second-order valence-corrected chi connectivity index (χ2v) is 8.44. The standard InChI is InChI=1S/C24H36N2O7/c1-7-18(8-2)21(31-13-17-9-10-17)15(4)32-24(29)14(3)26-23(28)20-22(33-16(5)27)19(30-6)11-12-25-20/h11-12,14-15,17-18,21H,7-10,13H2,1-6H3,(H,26,28)/t14-,15-,21-/m0/s1. The number of nitrogens with one attached hydrogen (secondary N) is 1. The van der Waals surface area contributed by atoms with Gasteiger partial charge in [-0.1, -0.05) is 26.7 Å². The lowest BCUT2D eigenvalue weighted by molar-refractivity contribution is -0.161. The fourth-order valence-electron chi connectivity index (χ4n) is 3.61. The van der Waals surface area contributed by atoms with Crippen LogP contribution in [0.25, 0.3) is 0 Å². The van der Waals surface area contributed by atoms with Gasteiger partial charge in [-0.15, -0.1) is 0 Å². The Morgan fingerprint density at radius 3 is 2.39 bits per heavy atom. The maximum absolute atomic E-state index is 12.8. The molecule has 2 rings (SSSR count). The Kier molecular flexibility index (Phi) is 10.1. The van der Waals surface area contributed by atoms with Crippen molar-refractivity contribution < 1.29 is 33.3 Å². The van der Waals surface area contributed by atoms with Gasteiger partial charge in [0.2, 0.25) is 5.75 Å². The van der Waals surface area contributed by atoms with E-state index < -0.39 is 30.0 Å². The number of rotatable bonds is 13. The first-order valence-electron chi connectivity index (χ1n) is 11.6. The van der Waals surface area contributed by atoms with Crippen LogP contribution in [0.1, 0.15) is 70.8 Å². The molecule has 3 atom stereocenters. The predicted octanol–water partition coefficient (Wildman–Crippen LogP) is 3.30. The molecule has 1 aliphatic carbocycles. The monoisotopic (exact) mass is 464 g/mol. The van der Waals surface area contributed by atoms with Gasteiger partial charge in [0.1, 0.15) is 12.1 Å². The van der Waals surface area contributed by atoms with Gasteiger partial charge in [0, 0.05) is 25.8 Å². The number of methoxy groups -OCH3 is 1. The van der Waals surface area contributed by atoms with Crippen molar-refractivity contribution in [2.24, 2.45) is 11.8 Å². The molecule has 1 aromatic heterocycles. The van der Waals surface area contributed by atoms with E-state index in [4.69, 9.17) is 18.9 Å². The zero-order valence-corrected chi connectivity index (χ0v) is 20.4. The van der Waals surface area contributed by atoms with Crippen molar-refractivity contribution in [3.05, 3.63) is 18.0 Å². The van der Waals surface area contributed by atoms with Gasteiger partial charge in [0.25, 0.3) is 5.91 Å². The van der Waals surface area contributed by atoms with Gasteiger partial charge in [-0.25, -0.2) is 9.78 Å². The number of ether oxygens (including phenoxy) is 4. The van der Waals surface area contributed by atoms with Crippen LogP contribution in [-0.4, -0.2) is 54.8 Å². The highest BCUT2D eigenvalue weighted by Gasteiger charge is 2.33. The number of hydrogen-bond acceptors (Lipinski definition) is 8. The third-order valence-electron chi connectivity index (χ3n) is 5.75. The average molecular weight is 465 g/mol. The summed E-state index contributed by atoms with van der Waals surface area (Å²) in [5.74, 6) is -0.970. The van der Waals surface area contributed by atoms with Gasteiger partial charge in [-0.3, -0.25) is 9.59 Å². The van der Waals surface area contributed by atoms with Crippen molar-refractivity contribution in [1.29, 1.82) is 0 Å². The third-order valence-corrected chi connectivity index (χ3v) is 5.75. The van der Waals surface area contributed by atoms with Gasteiger partial charge in [0.05, 0.1) is 13.2 Å². The van der Waals surface area contributed by atoms with Crippen molar-refractivity contribution in [3.8, 4) is 11.5 Å². The lowest BCUT2D eigenvalue weighted by Gasteiger charge is -2.31. The van der Waals surface area contributed by atoms with E-state index in [-0.39, 0.29) is 29.2 Å². The van der Waals surface area contributed by atoms with Crippen LogP contribution in [0.4, 0.5) is 0 Å². The molecular weight excluding hydrogens is 428 g/mol. The molecule has 1 aliphatic rings. The Labute approximate surface area is 195 Å². The smallest absolute Gasteiger partial charge is 0.328 e. The fourth-order valence-corrected chi connectivity index (χ4v) is 3.61. The lowest BCUT2D eigenvalue weighted by atomic mass is 9.93. The summed E-state index contributed by atoms with van der Waals surface area (Å²) in [5, 5.41) is 2.56. The summed E-state index contributed by atoms with van der Waals surface area (Å²) in [6.07, 6.45) is 4.88. The number of esters is 2. The summed E-state index contributed by atoms with van der Waals surface area (Å²) >= 11 is 0. The number of amides is 1. The molecule has 1 amide bonds. The first-order valence-corrected chi connectivity index (χ1v) is 11.6. The summed E-state index contributed by atoms with van der Waals surface area (Å²) in [4.78, 5) is 41.0. The van der Waals surface area contributed by atoms with E-state index in [1.165, 1.54) is 46.1 Å². The predicted molar refractivity (Wildman–Crippen MR) is 121 cm³/mol. The van der Waals surface area contributed by atoms with Gasteiger partial charge >= 0.3 is 11.9 Å². The van der Waals surface area contributed by atoms with Gasteiger partial charge < -0.3 is 24.3 Å². The normalized spacial score (nSPS) is 16.0. The zero-order chi connectivity index (χ0) is 24.5. The summed E-state index contributed by atoms with van der Waals surface area (Å²) in [5.41, 5.74) is -0.167. The van der Waals surface area contributed by atoms with Gasteiger partial charge in [-0.2, -0.15) is 0 Å². The van der Waals surface area contributed by atoms with E-state index in [9.17, 15) is 14.4 Å². The molecule has 1 N–H and O–H groups in total. The largest absolute Gasteiger partial charge is 0.493 e. The second kappa shape index (κ2) is 12.5. The molecule has 0 unspecified atom stereocenters. The Hall–Kier alpha value is -2.68. The molecule has 9 heteroatoms. The molecule has 0 bridgehead atoms. The number of aromatic nitrogens is 1. The van der Waals surface area contributed by atoms with Crippen LogP contribution in [0.15, 0.2) is 12.3 Å². The van der Waals surface area contributed by atoms with Crippen molar-refractivity contribution >= 4 is 17.8 Å². The Morgan fingerprint density at radius 1 is 1.18 bits per heavy atom. The van der Waals surface area contributed by atoms with Crippen LogP contribution in [0.5, 0.6) is 11.5 Å². The highest BCUT2D eigenvalue weighted by molar-refractivity contribution is 5.98. The topological polar surface area (TPSA) is 113 Å². The number of nitrogens with zero attached hydrogens (tertiary/aromatic N) is 1. The van der Waals surface area contributed by atoms with E-state index >= 15 is 0 Å². The van der Waals surface area contributed by atoms with Crippen LogP contribution < -0.4 is 14.8 Å². The number of carbonyl (C=O) groups excluding carboxylic acids is 3. The van der Waals surface area contributed by atoms with Gasteiger partial charge in [-0.05, 0) is 38.5 Å². The lowest BCUT2D eigenvalue weighted by Crippen LogP contribution is -2.44. The molecule has 184 valence electrons. The molecule has 9 nitrogen and oxygen atoms in total. The number of carbonyl (C=O) groups is 3. The highest BCUT2D eigenvalue weighted by atomic mass is 16.6. The number of hydrogen-bond donors (Lipinski definition) is 1. The van der Waals surface area contributed by atoms with Crippen molar-refractivity contribution in [2.45, 2.75) is 78.6 Å². The average Bonchev–Trinajstić information content (AvgIpc) is 3.60. The molecule has 1 saturated carbocycles. The Balaban J connectivity index is 2.05. The van der Waals surface area contributed by atoms with Crippen molar-refractivity contribution in [1.82, 2.24) is 10.3 Å². The van der Waals surface area contributed by atoms with E-state index in [1.54, 1.807) is 0 Å². The molecule has 0 saturated heterocycles. The van der Waals surface area contributed by atoms with E-state index in [0.717, 1.165) is 12.8 Å². The SMILES string of the molecule is CCC(CC)[C@@H](OCC1CC1)[C@H](C)OC(=O)[C@H](C)NC(=O)c1nccc(OC)c1OC(C)=O. The van der Waals surface area contributed by atoms with Crippen molar-refractivity contribution in [3.63, 3.8) is 0 Å². The Bertz CT molecular complexity index is 821. The molecule has 1 fully saturated rings. The summed E-state index contributed by atoms with van der Waals surface area (Å²) in [6.45, 7) is 9.43. The minimum absolute atomic E-state index is 0.110. The van der Waals surface area contributed by atoms with Crippen LogP contribution in [0, 0.1) is 11.8 Å². The molecule has 0 aromatic carbocycles. The molecule has 0 spiro atoms. The number of pyridine rings is 1. The highest BCUT2D eigenvalue weighted by Crippen LogP contribution is 2.32.